The number of aliphatic hydroxyl groups is 1. The smallest absolute Gasteiger partial charge is 0.343 e. The fourth-order valence-corrected chi connectivity index (χ4v) is 3.06. The third kappa shape index (κ3) is 6.16. The quantitative estimate of drug-likeness (QED) is 0.153. The van der Waals surface area contributed by atoms with Crippen LogP contribution in [0, 0.1) is 0 Å². The largest absolute Gasteiger partial charge is 0.507 e. The number of aromatic hydroxyl groups is 1. The van der Waals surface area contributed by atoms with Gasteiger partial charge in [-0.15, -0.1) is 0 Å². The molecule has 0 spiro atoms. The van der Waals surface area contributed by atoms with Crippen molar-refractivity contribution in [1.29, 1.82) is 0 Å². The van der Waals surface area contributed by atoms with Crippen molar-refractivity contribution < 1.29 is 34.1 Å². The van der Waals surface area contributed by atoms with E-state index in [1.807, 2.05) is 0 Å². The molecular weight excluding hydrogens is 416 g/mol. The summed E-state index contributed by atoms with van der Waals surface area (Å²) in [4.78, 5) is 29.0. The fourth-order valence-electron chi connectivity index (χ4n) is 3.06. The molecule has 0 saturated carbocycles. The lowest BCUT2D eigenvalue weighted by molar-refractivity contribution is -0.116. The van der Waals surface area contributed by atoms with Gasteiger partial charge in [-0.05, 0) is 23.8 Å². The van der Waals surface area contributed by atoms with E-state index in [2.05, 4.69) is 15.3 Å². The van der Waals surface area contributed by atoms with Crippen LogP contribution in [0.25, 0.3) is 6.08 Å². The van der Waals surface area contributed by atoms with Gasteiger partial charge in [0.2, 0.25) is 5.91 Å². The molecule has 0 aliphatic carbocycles. The van der Waals surface area contributed by atoms with Crippen molar-refractivity contribution in [2.45, 2.75) is 24.4 Å². The Labute approximate surface area is 185 Å². The number of phenolic OH excluding ortho intramolecular Hbond substituents is 1. The Morgan fingerprint density at radius 2 is 2.19 bits per heavy atom. The highest BCUT2D eigenvalue weighted by atomic mass is 16.6. The molecule has 1 aromatic carbocycles. The van der Waals surface area contributed by atoms with E-state index in [1.165, 1.54) is 37.6 Å². The van der Waals surface area contributed by atoms with E-state index < -0.39 is 24.3 Å². The van der Waals surface area contributed by atoms with Crippen LogP contribution in [0.4, 0.5) is 0 Å². The molecule has 2 aliphatic heterocycles. The van der Waals surface area contributed by atoms with Gasteiger partial charge in [-0.3, -0.25) is 4.79 Å². The zero-order valence-corrected chi connectivity index (χ0v) is 17.3. The van der Waals surface area contributed by atoms with Crippen LogP contribution in [0.5, 0.6) is 5.75 Å². The van der Waals surface area contributed by atoms with Gasteiger partial charge in [-0.25, -0.2) is 4.79 Å². The number of hydrogen-bond acceptors (Lipinski definition) is 8. The third-order valence-electron chi connectivity index (χ3n) is 4.66. The second kappa shape index (κ2) is 11.1. The van der Waals surface area contributed by atoms with Crippen molar-refractivity contribution in [1.82, 2.24) is 5.32 Å². The summed E-state index contributed by atoms with van der Waals surface area (Å²) >= 11 is 0. The molecule has 2 heterocycles. The minimum absolute atomic E-state index is 0.00671. The number of esters is 1. The van der Waals surface area contributed by atoms with Crippen molar-refractivity contribution in [3.8, 4) is 5.75 Å². The number of epoxide rings is 1. The molecule has 3 rings (SSSR count). The van der Waals surface area contributed by atoms with Gasteiger partial charge in [0, 0.05) is 12.6 Å². The number of amides is 1. The van der Waals surface area contributed by atoms with Crippen LogP contribution < -0.4 is 5.32 Å². The number of hydrogen-bond donors (Lipinski definition) is 3. The van der Waals surface area contributed by atoms with E-state index >= 15 is 0 Å². The monoisotopic (exact) mass is 440 g/mol. The van der Waals surface area contributed by atoms with Crippen LogP contribution in [-0.4, -0.2) is 66.4 Å². The van der Waals surface area contributed by atoms with Crippen LogP contribution in [0.1, 0.15) is 15.9 Å². The Morgan fingerprint density at radius 3 is 3.00 bits per heavy atom. The third-order valence-corrected chi connectivity index (χ3v) is 4.66. The zero-order valence-electron chi connectivity index (χ0n) is 17.3. The first kappa shape index (κ1) is 23.0. The molecule has 0 unspecified atom stereocenters. The number of oxime groups is 1. The summed E-state index contributed by atoms with van der Waals surface area (Å²) in [6.07, 6.45) is 10.9. The van der Waals surface area contributed by atoms with Gasteiger partial charge in [-0.2, -0.15) is 0 Å². The summed E-state index contributed by atoms with van der Waals surface area (Å²) in [5, 5.41) is 27.0. The Kier molecular flexibility index (Phi) is 7.96. The predicted molar refractivity (Wildman–Crippen MR) is 117 cm³/mol. The maximum atomic E-state index is 12.8. The first-order chi connectivity index (χ1) is 15.5. The first-order valence-corrected chi connectivity index (χ1v) is 9.90. The summed E-state index contributed by atoms with van der Waals surface area (Å²) < 4.78 is 11.0. The average molecular weight is 440 g/mol. The lowest BCUT2D eigenvalue weighted by atomic mass is 10.0. The molecule has 0 radical (unpaired) electrons. The highest BCUT2D eigenvalue weighted by Gasteiger charge is 2.46. The molecule has 9 nitrogen and oxygen atoms in total. The van der Waals surface area contributed by atoms with Crippen molar-refractivity contribution in [2.24, 2.45) is 5.16 Å². The minimum atomic E-state index is -1.14. The van der Waals surface area contributed by atoms with Gasteiger partial charge in [0.1, 0.15) is 42.8 Å². The number of nitrogens with zero attached hydrogens (tertiary/aromatic N) is 1. The van der Waals surface area contributed by atoms with Gasteiger partial charge in [0.15, 0.2) is 0 Å². The number of phenols is 1. The number of carbonyl (C=O) groups is 2. The zero-order chi connectivity index (χ0) is 22.9. The van der Waals surface area contributed by atoms with E-state index in [0.29, 0.717) is 5.56 Å². The number of carbonyl (C=O) groups excluding carboxylic acids is 2. The topological polar surface area (TPSA) is 130 Å². The van der Waals surface area contributed by atoms with Gasteiger partial charge in [0.25, 0.3) is 0 Å². The Morgan fingerprint density at radius 1 is 1.34 bits per heavy atom. The molecule has 1 fully saturated rings. The number of fused-ring (bicyclic) bond motifs is 2. The van der Waals surface area contributed by atoms with E-state index in [0.717, 1.165) is 0 Å². The molecule has 32 heavy (non-hydrogen) atoms. The van der Waals surface area contributed by atoms with Crippen molar-refractivity contribution >= 4 is 24.2 Å². The molecule has 168 valence electrons. The van der Waals surface area contributed by atoms with E-state index in [9.17, 15) is 19.8 Å². The van der Waals surface area contributed by atoms with E-state index in [1.54, 1.807) is 42.5 Å². The average Bonchev–Trinajstić information content (AvgIpc) is 3.54. The maximum Gasteiger partial charge on any atom is 0.343 e. The highest BCUT2D eigenvalue weighted by molar-refractivity contribution is 5.96. The Hall–Kier alpha value is -3.69. The van der Waals surface area contributed by atoms with Gasteiger partial charge < -0.3 is 29.8 Å². The standard InChI is InChI=1S/C23H24N2O7/c1-30-25-14-6-12-19(27)24-13-5-11-17-21(28)22-18(31-22)10-3-2-7-15-8-4-9-16(26)20(15)23(29)32-17/h2-12,14,17-18,21-22,26,28H,13H2,1H3,(H,24,27)/b7-2?,10-3?,11-5+,12-6-,25-14-/t17-,18+,21+,22+/m0/s1. The fraction of sp³-hybridized carbons (Fsp3) is 0.261. The summed E-state index contributed by atoms with van der Waals surface area (Å²) in [6, 6.07) is 4.67. The first-order valence-electron chi connectivity index (χ1n) is 9.90. The summed E-state index contributed by atoms with van der Waals surface area (Å²) in [5.74, 6) is -1.38. The van der Waals surface area contributed by atoms with Crippen LogP contribution in [-0.2, 0) is 19.1 Å². The van der Waals surface area contributed by atoms with Gasteiger partial charge in [0.05, 0.1) is 6.21 Å². The number of allylic oxidation sites excluding steroid dienone is 3. The molecule has 2 aliphatic rings. The highest BCUT2D eigenvalue weighted by Crippen LogP contribution is 2.31. The number of rotatable bonds is 6. The molecule has 4 atom stereocenters. The number of benzene rings is 1. The molecule has 0 aromatic heterocycles. The number of ether oxygens (including phenoxy) is 2. The minimum Gasteiger partial charge on any atom is -0.507 e. The van der Waals surface area contributed by atoms with Crippen LogP contribution in [0.15, 0.2) is 65.9 Å². The summed E-state index contributed by atoms with van der Waals surface area (Å²) in [7, 11) is 1.39. The molecular formula is C23H24N2O7. The van der Waals surface area contributed by atoms with E-state index in [4.69, 9.17) is 9.47 Å². The molecule has 9 heteroatoms. The van der Waals surface area contributed by atoms with Crippen molar-refractivity contribution in [2.75, 3.05) is 13.7 Å². The second-order valence-corrected chi connectivity index (χ2v) is 6.88. The number of cyclic esters (lactones) is 1. The predicted octanol–water partition coefficient (Wildman–Crippen LogP) is 1.49. The maximum absolute atomic E-state index is 12.8. The number of nitrogens with one attached hydrogen (secondary N) is 1. The number of aliphatic hydroxyl groups excluding tert-OH is 1. The molecule has 1 aromatic rings. The van der Waals surface area contributed by atoms with Crippen LogP contribution >= 0.6 is 0 Å². The van der Waals surface area contributed by atoms with Crippen molar-refractivity contribution in [3.63, 3.8) is 0 Å². The summed E-state index contributed by atoms with van der Waals surface area (Å²) in [5.41, 5.74) is 0.467. The van der Waals surface area contributed by atoms with Crippen LogP contribution in [0.3, 0.4) is 0 Å². The lowest BCUT2D eigenvalue weighted by Gasteiger charge is -2.20. The SMILES string of the molecule is CO/N=C\C=C/C(=O)NC/C=C/[C@@H]1OC(=O)c2c(O)cccc2C=CC=C[C@H]2O[C@H]2[C@@H]1O. The molecule has 0 bridgehead atoms. The Balaban J connectivity index is 1.73. The molecule has 3 N–H and O–H groups in total. The van der Waals surface area contributed by atoms with E-state index in [-0.39, 0.29) is 29.9 Å². The molecule has 1 amide bonds. The Bertz CT molecular complexity index is 981. The second-order valence-electron chi connectivity index (χ2n) is 6.88. The van der Waals surface area contributed by atoms with Crippen molar-refractivity contribution in [3.05, 3.63) is 71.9 Å². The van der Waals surface area contributed by atoms with Crippen LogP contribution in [0.2, 0.25) is 0 Å². The molecule has 1 saturated heterocycles. The lowest BCUT2D eigenvalue weighted by Crippen LogP contribution is -2.35. The summed E-state index contributed by atoms with van der Waals surface area (Å²) in [6.45, 7) is 0.130. The normalized spacial score (nSPS) is 25.1. The van der Waals surface area contributed by atoms with Gasteiger partial charge in [-0.1, -0.05) is 47.7 Å². The van der Waals surface area contributed by atoms with Gasteiger partial charge >= 0.3 is 5.97 Å².